The number of carbonyl (C=O) groups is 1. The number of hydrogen-bond acceptors (Lipinski definition) is 5. The first-order chi connectivity index (χ1) is 15.0. The van der Waals surface area contributed by atoms with E-state index in [0.29, 0.717) is 42.1 Å². The molecule has 3 rings (SSSR count). The van der Waals surface area contributed by atoms with Crippen molar-refractivity contribution in [1.29, 1.82) is 0 Å². The van der Waals surface area contributed by atoms with Gasteiger partial charge in [-0.2, -0.15) is 5.10 Å². The molecule has 31 heavy (non-hydrogen) atoms. The van der Waals surface area contributed by atoms with Crippen molar-refractivity contribution in [2.75, 3.05) is 13.7 Å². The number of rotatable bonds is 10. The Morgan fingerprint density at radius 1 is 1.10 bits per heavy atom. The van der Waals surface area contributed by atoms with Crippen LogP contribution in [0.15, 0.2) is 48.5 Å². The van der Waals surface area contributed by atoms with Gasteiger partial charge in [0.15, 0.2) is 0 Å². The summed E-state index contributed by atoms with van der Waals surface area (Å²) in [4.78, 5) is 11.2. The van der Waals surface area contributed by atoms with Gasteiger partial charge in [0.1, 0.15) is 11.5 Å². The van der Waals surface area contributed by atoms with Crippen molar-refractivity contribution in [2.45, 2.75) is 39.3 Å². The highest BCUT2D eigenvalue weighted by atomic mass is 16.5. The maximum atomic E-state index is 11.2. The quantitative estimate of drug-likeness (QED) is 0.511. The van der Waals surface area contributed by atoms with Crippen molar-refractivity contribution in [3.05, 3.63) is 54.1 Å². The molecular formula is C24H28N2O5. The number of carboxylic acids is 1. The first-order valence-electron chi connectivity index (χ1n) is 10.3. The van der Waals surface area contributed by atoms with E-state index >= 15 is 0 Å². The lowest BCUT2D eigenvalue weighted by Gasteiger charge is -2.14. The van der Waals surface area contributed by atoms with Gasteiger partial charge in [-0.05, 0) is 49.2 Å². The van der Waals surface area contributed by atoms with E-state index in [1.165, 1.54) is 0 Å². The third-order valence-corrected chi connectivity index (χ3v) is 4.99. The highest BCUT2D eigenvalue weighted by Crippen LogP contribution is 2.36. The second-order valence-electron chi connectivity index (χ2n) is 7.19. The third-order valence-electron chi connectivity index (χ3n) is 4.99. The molecule has 0 aliphatic carbocycles. The molecule has 0 fully saturated rings. The van der Waals surface area contributed by atoms with Crippen LogP contribution in [0.5, 0.6) is 11.5 Å². The van der Waals surface area contributed by atoms with Crippen LogP contribution in [0.2, 0.25) is 0 Å². The Labute approximate surface area is 181 Å². The zero-order valence-electron chi connectivity index (χ0n) is 18.0. The van der Waals surface area contributed by atoms with Crippen LogP contribution in [0.3, 0.4) is 0 Å². The van der Waals surface area contributed by atoms with Crippen molar-refractivity contribution in [2.24, 2.45) is 0 Å². The maximum Gasteiger partial charge on any atom is 0.307 e. The van der Waals surface area contributed by atoms with Crippen LogP contribution in [0.4, 0.5) is 0 Å². The number of para-hydroxylation sites is 1. The monoisotopic (exact) mass is 424 g/mol. The number of hydrogen-bond donors (Lipinski definition) is 2. The van der Waals surface area contributed by atoms with Crippen LogP contribution in [-0.4, -0.2) is 45.8 Å². The average molecular weight is 424 g/mol. The molecule has 2 N–H and O–H groups in total. The summed E-state index contributed by atoms with van der Waals surface area (Å²) in [7, 11) is 1.57. The van der Waals surface area contributed by atoms with Gasteiger partial charge < -0.3 is 19.7 Å². The summed E-state index contributed by atoms with van der Waals surface area (Å²) >= 11 is 0. The molecule has 0 bridgehead atoms. The number of benzene rings is 2. The highest BCUT2D eigenvalue weighted by Gasteiger charge is 2.19. The zero-order valence-corrected chi connectivity index (χ0v) is 18.0. The molecule has 0 spiro atoms. The first kappa shape index (κ1) is 22.4. The number of aromatic nitrogens is 2. The molecule has 1 aromatic heterocycles. The normalized spacial score (nSPS) is 11.9. The first-order valence-corrected chi connectivity index (χ1v) is 10.3. The van der Waals surface area contributed by atoms with Gasteiger partial charge in [-0.25, -0.2) is 0 Å². The van der Waals surface area contributed by atoms with Crippen LogP contribution in [0.25, 0.3) is 22.5 Å². The van der Waals surface area contributed by atoms with Gasteiger partial charge in [0.05, 0.1) is 44.2 Å². The van der Waals surface area contributed by atoms with Crippen LogP contribution in [0, 0.1) is 0 Å². The summed E-state index contributed by atoms with van der Waals surface area (Å²) in [5, 5.41) is 24.2. The fourth-order valence-electron chi connectivity index (χ4n) is 3.43. The fourth-order valence-corrected chi connectivity index (χ4v) is 3.43. The smallest absolute Gasteiger partial charge is 0.307 e. The topological polar surface area (TPSA) is 93.8 Å². The minimum atomic E-state index is -0.904. The van der Waals surface area contributed by atoms with Crippen molar-refractivity contribution in [3.8, 4) is 34.0 Å². The average Bonchev–Trinajstić information content (AvgIpc) is 3.17. The fraction of sp³-hybridized carbons (Fsp3) is 0.333. The minimum absolute atomic E-state index is 0.0910. The summed E-state index contributed by atoms with van der Waals surface area (Å²) in [6.45, 7) is 4.70. The molecule has 0 saturated carbocycles. The standard InChI is InChI=1S/C24H28N2O5/c1-4-17(27)15-26-21(18-8-6-7-9-23(18)31-5-2)14-20(25-26)19-12-16(13-24(28)29)10-11-22(19)30-3/h6-12,14,17,27H,4-5,13,15H2,1-3H3,(H,28,29)/t17-/m0/s1. The zero-order chi connectivity index (χ0) is 22.4. The van der Waals surface area contributed by atoms with E-state index in [2.05, 4.69) is 0 Å². The molecule has 7 nitrogen and oxygen atoms in total. The third kappa shape index (κ3) is 5.24. The molecule has 1 atom stereocenters. The van der Waals surface area contributed by atoms with Crippen LogP contribution in [0.1, 0.15) is 25.8 Å². The number of carboxylic acid groups (broad SMARTS) is 1. The Balaban J connectivity index is 2.15. The Bertz CT molecular complexity index is 1040. The van der Waals surface area contributed by atoms with Gasteiger partial charge in [-0.15, -0.1) is 0 Å². The van der Waals surface area contributed by atoms with Crippen LogP contribution < -0.4 is 9.47 Å². The Hall–Kier alpha value is -3.32. The molecule has 2 aromatic carbocycles. The summed E-state index contributed by atoms with van der Waals surface area (Å²) < 4.78 is 13.1. The predicted molar refractivity (Wildman–Crippen MR) is 118 cm³/mol. The van der Waals surface area contributed by atoms with E-state index in [9.17, 15) is 9.90 Å². The Kier molecular flexibility index (Phi) is 7.31. The summed E-state index contributed by atoms with van der Waals surface area (Å²) in [6.07, 6.45) is -0.0446. The van der Waals surface area contributed by atoms with Gasteiger partial charge in [0, 0.05) is 11.1 Å². The lowest BCUT2D eigenvalue weighted by molar-refractivity contribution is -0.136. The van der Waals surface area contributed by atoms with Gasteiger partial charge in [-0.1, -0.05) is 25.1 Å². The SMILES string of the molecule is CCOc1ccccc1-c1cc(-c2cc(CC(=O)O)ccc2OC)nn1C[C@@H](O)CC. The maximum absolute atomic E-state index is 11.2. The molecule has 3 aromatic rings. The Morgan fingerprint density at radius 2 is 1.87 bits per heavy atom. The number of ether oxygens (including phenoxy) is 2. The van der Waals surface area contributed by atoms with Gasteiger partial charge >= 0.3 is 5.97 Å². The molecule has 7 heteroatoms. The highest BCUT2D eigenvalue weighted by molar-refractivity contribution is 5.77. The molecule has 0 radical (unpaired) electrons. The van der Waals surface area contributed by atoms with E-state index in [1.807, 2.05) is 44.2 Å². The molecular weight excluding hydrogens is 396 g/mol. The van der Waals surface area contributed by atoms with E-state index in [4.69, 9.17) is 19.7 Å². The lowest BCUT2D eigenvalue weighted by atomic mass is 10.0. The van der Waals surface area contributed by atoms with E-state index in [0.717, 1.165) is 17.0 Å². The predicted octanol–water partition coefficient (Wildman–Crippen LogP) is 4.02. The summed E-state index contributed by atoms with van der Waals surface area (Å²) in [5.41, 5.74) is 3.65. The molecule has 0 saturated heterocycles. The minimum Gasteiger partial charge on any atom is -0.496 e. The summed E-state index contributed by atoms with van der Waals surface area (Å²) in [6, 6.07) is 14.9. The second-order valence-corrected chi connectivity index (χ2v) is 7.19. The number of aliphatic hydroxyl groups excluding tert-OH is 1. The van der Waals surface area contributed by atoms with E-state index < -0.39 is 12.1 Å². The summed E-state index contributed by atoms with van der Waals surface area (Å²) in [5.74, 6) is 0.425. The van der Waals surface area contributed by atoms with Crippen molar-refractivity contribution >= 4 is 5.97 Å². The molecule has 0 aliphatic rings. The lowest BCUT2D eigenvalue weighted by Crippen LogP contribution is -2.16. The van der Waals surface area contributed by atoms with Crippen LogP contribution >= 0.6 is 0 Å². The van der Waals surface area contributed by atoms with Crippen LogP contribution in [-0.2, 0) is 17.8 Å². The number of aliphatic hydroxyl groups is 1. The van der Waals surface area contributed by atoms with Crippen molar-refractivity contribution < 1.29 is 24.5 Å². The van der Waals surface area contributed by atoms with Gasteiger partial charge in [0.25, 0.3) is 0 Å². The number of nitrogens with zero attached hydrogens (tertiary/aromatic N) is 2. The number of aliphatic carboxylic acids is 1. The molecule has 0 aliphatic heterocycles. The van der Waals surface area contributed by atoms with E-state index in [1.54, 1.807) is 30.0 Å². The number of methoxy groups -OCH3 is 1. The van der Waals surface area contributed by atoms with Gasteiger partial charge in [0.2, 0.25) is 0 Å². The van der Waals surface area contributed by atoms with Gasteiger partial charge in [-0.3, -0.25) is 9.48 Å². The van der Waals surface area contributed by atoms with Crippen molar-refractivity contribution in [1.82, 2.24) is 9.78 Å². The molecule has 0 amide bonds. The largest absolute Gasteiger partial charge is 0.496 e. The van der Waals surface area contributed by atoms with E-state index in [-0.39, 0.29) is 6.42 Å². The molecule has 1 heterocycles. The second kappa shape index (κ2) is 10.1. The van der Waals surface area contributed by atoms with Crippen molar-refractivity contribution in [3.63, 3.8) is 0 Å². The molecule has 0 unspecified atom stereocenters. The Morgan fingerprint density at radius 3 is 2.55 bits per heavy atom. The molecule has 164 valence electrons.